The highest BCUT2D eigenvalue weighted by Crippen LogP contribution is 2.32. The molecule has 1 saturated carbocycles. The van der Waals surface area contributed by atoms with Gasteiger partial charge in [-0.1, -0.05) is 29.6 Å². The summed E-state index contributed by atoms with van der Waals surface area (Å²) in [6, 6.07) is 0. The fraction of sp³-hybridized carbons (Fsp3) is 0.778. The van der Waals surface area contributed by atoms with Gasteiger partial charge in [0.05, 0.1) is 0 Å². The lowest BCUT2D eigenvalue weighted by Crippen LogP contribution is -2.09. The lowest BCUT2D eigenvalue weighted by molar-refractivity contribution is 0.294. The lowest BCUT2D eigenvalue weighted by Gasteiger charge is -2.19. The highest BCUT2D eigenvalue weighted by atomic mass is 16.6. The van der Waals surface area contributed by atoms with Crippen molar-refractivity contribution in [3.05, 3.63) is 11.4 Å². The molecule has 1 heterocycles. The lowest BCUT2D eigenvalue weighted by atomic mass is 9.86. The van der Waals surface area contributed by atoms with Gasteiger partial charge >= 0.3 is 0 Å². The average Bonchev–Trinajstić information content (AvgIpc) is 2.67. The minimum atomic E-state index is 0.440. The van der Waals surface area contributed by atoms with Gasteiger partial charge in [0, 0.05) is 12.5 Å². The van der Waals surface area contributed by atoms with Crippen LogP contribution in [0.15, 0.2) is 4.63 Å². The summed E-state index contributed by atoms with van der Waals surface area (Å²) in [7, 11) is 0. The second-order valence-electron chi connectivity index (χ2n) is 3.64. The third kappa shape index (κ3) is 1.72. The van der Waals surface area contributed by atoms with E-state index < -0.39 is 0 Å². The van der Waals surface area contributed by atoms with E-state index in [0.717, 1.165) is 11.4 Å². The first-order chi connectivity index (χ1) is 6.42. The molecule has 0 atom stereocenters. The Kier molecular flexibility index (Phi) is 2.59. The molecule has 0 spiro atoms. The van der Waals surface area contributed by atoms with E-state index in [1.54, 1.807) is 0 Å². The molecule has 0 aromatic carbocycles. The van der Waals surface area contributed by atoms with E-state index in [2.05, 4.69) is 10.3 Å². The zero-order valence-electron chi connectivity index (χ0n) is 7.70. The highest BCUT2D eigenvalue weighted by Gasteiger charge is 2.22. The van der Waals surface area contributed by atoms with E-state index in [-0.39, 0.29) is 0 Å². The predicted octanol–water partition coefficient (Wildman–Crippen LogP) is 1.58. The molecule has 0 aliphatic heterocycles. The van der Waals surface area contributed by atoms with E-state index in [0.29, 0.717) is 12.5 Å². The average molecular weight is 181 g/mol. The minimum Gasteiger partial charge on any atom is -0.325 e. The summed E-state index contributed by atoms with van der Waals surface area (Å²) in [5.41, 5.74) is 7.38. The monoisotopic (exact) mass is 181 g/mol. The summed E-state index contributed by atoms with van der Waals surface area (Å²) >= 11 is 0. The number of nitrogens with two attached hydrogens (primary N) is 1. The van der Waals surface area contributed by atoms with Crippen LogP contribution >= 0.6 is 0 Å². The number of nitrogens with zero attached hydrogens (tertiary/aromatic N) is 2. The van der Waals surface area contributed by atoms with Gasteiger partial charge in [-0.05, 0) is 12.8 Å². The molecular weight excluding hydrogens is 166 g/mol. The van der Waals surface area contributed by atoms with Gasteiger partial charge in [0.2, 0.25) is 0 Å². The van der Waals surface area contributed by atoms with E-state index in [1.165, 1.54) is 32.1 Å². The molecule has 4 heteroatoms. The van der Waals surface area contributed by atoms with E-state index in [9.17, 15) is 0 Å². The Morgan fingerprint density at radius 1 is 1.23 bits per heavy atom. The number of hydrogen-bond donors (Lipinski definition) is 1. The summed E-state index contributed by atoms with van der Waals surface area (Å²) < 4.78 is 4.71. The summed E-state index contributed by atoms with van der Waals surface area (Å²) in [4.78, 5) is 0. The molecule has 1 aliphatic carbocycles. The normalized spacial score (nSPS) is 19.2. The van der Waals surface area contributed by atoms with Crippen molar-refractivity contribution in [2.24, 2.45) is 5.73 Å². The molecule has 0 unspecified atom stereocenters. The Hall–Kier alpha value is -0.900. The van der Waals surface area contributed by atoms with Gasteiger partial charge in [0.1, 0.15) is 11.4 Å². The van der Waals surface area contributed by atoms with Gasteiger partial charge in [0.15, 0.2) is 0 Å². The van der Waals surface area contributed by atoms with Crippen LogP contribution < -0.4 is 5.73 Å². The van der Waals surface area contributed by atoms with Gasteiger partial charge in [-0.3, -0.25) is 0 Å². The third-order valence-corrected chi connectivity index (χ3v) is 2.77. The van der Waals surface area contributed by atoms with Crippen molar-refractivity contribution < 1.29 is 4.63 Å². The Morgan fingerprint density at radius 2 is 2.00 bits per heavy atom. The molecule has 1 aromatic rings. The molecule has 0 radical (unpaired) electrons. The van der Waals surface area contributed by atoms with Crippen molar-refractivity contribution in [3.8, 4) is 0 Å². The fourth-order valence-electron chi connectivity index (χ4n) is 2.04. The Bertz CT molecular complexity index is 266. The molecule has 2 N–H and O–H groups in total. The standard InChI is InChI=1S/C9H15N3O/c10-6-8-9(12-13-11-8)7-4-2-1-3-5-7/h7H,1-6,10H2. The first-order valence-corrected chi connectivity index (χ1v) is 4.93. The maximum atomic E-state index is 5.54. The molecule has 1 aromatic heterocycles. The highest BCUT2D eigenvalue weighted by molar-refractivity contribution is 5.13. The van der Waals surface area contributed by atoms with Gasteiger partial charge in [0.25, 0.3) is 0 Å². The van der Waals surface area contributed by atoms with Crippen LogP contribution in [0.3, 0.4) is 0 Å². The Balaban J connectivity index is 2.13. The summed E-state index contributed by atoms with van der Waals surface area (Å²) in [5.74, 6) is 0.540. The third-order valence-electron chi connectivity index (χ3n) is 2.77. The van der Waals surface area contributed by atoms with Gasteiger partial charge in [-0.25, -0.2) is 4.63 Å². The van der Waals surface area contributed by atoms with Crippen molar-refractivity contribution in [2.75, 3.05) is 0 Å². The first kappa shape index (κ1) is 8.69. The number of rotatable bonds is 2. The summed E-state index contributed by atoms with van der Waals surface area (Å²) in [5, 5.41) is 7.74. The smallest absolute Gasteiger partial charge is 0.122 e. The second-order valence-corrected chi connectivity index (χ2v) is 3.64. The number of hydrogen-bond acceptors (Lipinski definition) is 4. The second kappa shape index (κ2) is 3.87. The zero-order valence-corrected chi connectivity index (χ0v) is 7.70. The largest absolute Gasteiger partial charge is 0.325 e. The molecule has 0 amide bonds. The van der Waals surface area contributed by atoms with Crippen molar-refractivity contribution in [1.29, 1.82) is 0 Å². The van der Waals surface area contributed by atoms with Crippen molar-refractivity contribution in [3.63, 3.8) is 0 Å². The number of aromatic nitrogens is 2. The van der Waals surface area contributed by atoms with Crippen LogP contribution in [0.2, 0.25) is 0 Å². The Labute approximate surface area is 77.5 Å². The molecule has 13 heavy (non-hydrogen) atoms. The maximum Gasteiger partial charge on any atom is 0.122 e. The minimum absolute atomic E-state index is 0.440. The van der Waals surface area contributed by atoms with Crippen LogP contribution in [-0.4, -0.2) is 10.3 Å². The quantitative estimate of drug-likeness (QED) is 0.752. The van der Waals surface area contributed by atoms with Gasteiger partial charge < -0.3 is 5.73 Å². The molecule has 0 saturated heterocycles. The molecule has 1 fully saturated rings. The van der Waals surface area contributed by atoms with Gasteiger partial charge in [-0.15, -0.1) is 0 Å². The van der Waals surface area contributed by atoms with Crippen molar-refractivity contribution in [1.82, 2.24) is 10.3 Å². The fourth-order valence-corrected chi connectivity index (χ4v) is 2.04. The molecular formula is C9H15N3O. The molecule has 0 bridgehead atoms. The maximum absolute atomic E-state index is 5.54. The zero-order chi connectivity index (χ0) is 9.10. The van der Waals surface area contributed by atoms with Crippen LogP contribution in [0, 0.1) is 0 Å². The van der Waals surface area contributed by atoms with Crippen LogP contribution in [-0.2, 0) is 6.54 Å². The van der Waals surface area contributed by atoms with Crippen LogP contribution in [0.5, 0.6) is 0 Å². The topological polar surface area (TPSA) is 64.9 Å². The van der Waals surface area contributed by atoms with E-state index in [4.69, 9.17) is 10.4 Å². The summed E-state index contributed by atoms with van der Waals surface area (Å²) in [6.45, 7) is 0.440. The van der Waals surface area contributed by atoms with Crippen LogP contribution in [0.4, 0.5) is 0 Å². The van der Waals surface area contributed by atoms with Gasteiger partial charge in [-0.2, -0.15) is 0 Å². The Morgan fingerprint density at radius 3 is 2.69 bits per heavy atom. The molecule has 72 valence electrons. The molecule has 1 aliphatic rings. The van der Waals surface area contributed by atoms with E-state index in [1.807, 2.05) is 0 Å². The first-order valence-electron chi connectivity index (χ1n) is 4.93. The SMILES string of the molecule is NCc1nonc1C1CCCCC1. The summed E-state index contributed by atoms with van der Waals surface area (Å²) in [6.07, 6.45) is 6.35. The van der Waals surface area contributed by atoms with Crippen molar-refractivity contribution in [2.45, 2.75) is 44.6 Å². The molecule has 4 nitrogen and oxygen atoms in total. The van der Waals surface area contributed by atoms with Crippen molar-refractivity contribution >= 4 is 0 Å². The molecule has 2 rings (SSSR count). The van der Waals surface area contributed by atoms with Crippen LogP contribution in [0.25, 0.3) is 0 Å². The van der Waals surface area contributed by atoms with E-state index >= 15 is 0 Å². The van der Waals surface area contributed by atoms with Crippen LogP contribution in [0.1, 0.15) is 49.4 Å². The predicted molar refractivity (Wildman–Crippen MR) is 48.0 cm³/mol.